The zero-order valence-electron chi connectivity index (χ0n) is 21.4. The molecule has 0 aromatic heterocycles. The lowest BCUT2D eigenvalue weighted by Crippen LogP contribution is -2.26. The molecule has 0 N–H and O–H groups in total. The van der Waals surface area contributed by atoms with E-state index >= 15 is 0 Å². The molecular formula is C30H43ClO2S. The second-order valence-corrected chi connectivity index (χ2v) is 10.9. The van der Waals surface area contributed by atoms with E-state index in [1.54, 1.807) is 0 Å². The van der Waals surface area contributed by atoms with E-state index in [4.69, 9.17) is 16.3 Å². The van der Waals surface area contributed by atoms with E-state index in [1.165, 1.54) is 74.9 Å². The Kier molecular flexibility index (Phi) is 14.4. The van der Waals surface area contributed by atoms with Gasteiger partial charge in [0.15, 0.2) is 0 Å². The number of esters is 1. The zero-order chi connectivity index (χ0) is 24.6. The Labute approximate surface area is 217 Å². The number of hydrogen-bond donors (Lipinski definition) is 0. The van der Waals surface area contributed by atoms with Crippen LogP contribution in [0.25, 0.3) is 11.1 Å². The normalized spacial score (nSPS) is 12.9. The fraction of sp³-hybridized carbons (Fsp3) is 0.567. The quantitative estimate of drug-likeness (QED) is 0.0707. The summed E-state index contributed by atoms with van der Waals surface area (Å²) >= 11 is 8.14. The number of carbonyl (C=O) groups excluding carboxylic acids is 1. The molecule has 0 spiro atoms. The topological polar surface area (TPSA) is 26.3 Å². The summed E-state index contributed by atoms with van der Waals surface area (Å²) in [5, 5.41) is -0.616. The number of rotatable bonds is 17. The minimum absolute atomic E-state index is 0.0925. The molecule has 0 aliphatic heterocycles. The molecule has 0 saturated carbocycles. The molecule has 2 unspecified atom stereocenters. The first-order chi connectivity index (χ1) is 16.5. The molecular weight excluding hydrogens is 460 g/mol. The minimum atomic E-state index is -0.616. The SMILES string of the molecule is CCCCCCCCCCCCSc1ccc(-c2ccc(OC(=O)C(Cl)C(C)CC)cc2)cc1. The van der Waals surface area contributed by atoms with Gasteiger partial charge in [0.1, 0.15) is 11.1 Å². The molecule has 0 heterocycles. The third kappa shape index (κ3) is 10.9. The summed E-state index contributed by atoms with van der Waals surface area (Å²) in [6, 6.07) is 16.4. The molecule has 2 aromatic carbocycles. The summed E-state index contributed by atoms with van der Waals surface area (Å²) in [7, 11) is 0. The summed E-state index contributed by atoms with van der Waals surface area (Å²) in [5.41, 5.74) is 2.27. The summed E-state index contributed by atoms with van der Waals surface area (Å²) in [5.74, 6) is 1.43. The third-order valence-electron chi connectivity index (χ3n) is 6.40. The van der Waals surface area contributed by atoms with Crippen LogP contribution < -0.4 is 4.74 Å². The van der Waals surface area contributed by atoms with Crippen LogP contribution >= 0.6 is 23.4 Å². The van der Waals surface area contributed by atoms with E-state index in [-0.39, 0.29) is 11.9 Å². The Morgan fingerprint density at radius 1 is 0.794 bits per heavy atom. The van der Waals surface area contributed by atoms with Crippen molar-refractivity contribution >= 4 is 29.3 Å². The molecule has 0 aliphatic rings. The van der Waals surface area contributed by atoms with Gasteiger partial charge in [-0.15, -0.1) is 23.4 Å². The van der Waals surface area contributed by atoms with Crippen molar-refractivity contribution in [3.63, 3.8) is 0 Å². The van der Waals surface area contributed by atoms with E-state index in [9.17, 15) is 4.79 Å². The van der Waals surface area contributed by atoms with Crippen LogP contribution in [0.4, 0.5) is 0 Å². The molecule has 0 aliphatic carbocycles. The summed E-state index contributed by atoms with van der Waals surface area (Å²) in [4.78, 5) is 13.5. The van der Waals surface area contributed by atoms with Gasteiger partial charge < -0.3 is 4.74 Å². The lowest BCUT2D eigenvalue weighted by Gasteiger charge is -2.15. The second-order valence-electron chi connectivity index (χ2n) is 9.29. The number of carbonyl (C=O) groups is 1. The predicted molar refractivity (Wildman–Crippen MR) is 149 cm³/mol. The molecule has 2 rings (SSSR count). The van der Waals surface area contributed by atoms with Gasteiger partial charge in [0, 0.05) is 4.90 Å². The maximum absolute atomic E-state index is 12.2. The van der Waals surface area contributed by atoms with Gasteiger partial charge >= 0.3 is 5.97 Å². The highest BCUT2D eigenvalue weighted by Crippen LogP contribution is 2.27. The first-order valence-electron chi connectivity index (χ1n) is 13.2. The van der Waals surface area contributed by atoms with Crippen LogP contribution in [-0.4, -0.2) is 17.1 Å². The number of ether oxygens (including phenoxy) is 1. The Morgan fingerprint density at radius 3 is 1.82 bits per heavy atom. The molecule has 2 atom stereocenters. The Bertz CT molecular complexity index is 804. The summed E-state index contributed by atoms with van der Waals surface area (Å²) in [6.07, 6.45) is 14.7. The Balaban J connectivity index is 1.67. The highest BCUT2D eigenvalue weighted by molar-refractivity contribution is 7.99. The van der Waals surface area contributed by atoms with Crippen molar-refractivity contribution in [1.82, 2.24) is 0 Å². The Morgan fingerprint density at radius 2 is 1.29 bits per heavy atom. The summed E-state index contributed by atoms with van der Waals surface area (Å²) < 4.78 is 5.44. The Hall–Kier alpha value is -1.45. The highest BCUT2D eigenvalue weighted by atomic mass is 35.5. The fourth-order valence-electron chi connectivity index (χ4n) is 3.85. The molecule has 34 heavy (non-hydrogen) atoms. The second kappa shape index (κ2) is 17.1. The number of alkyl halides is 1. The van der Waals surface area contributed by atoms with Crippen molar-refractivity contribution in [3.8, 4) is 16.9 Å². The highest BCUT2D eigenvalue weighted by Gasteiger charge is 2.23. The van der Waals surface area contributed by atoms with Crippen molar-refractivity contribution < 1.29 is 9.53 Å². The van der Waals surface area contributed by atoms with Crippen LogP contribution in [0.2, 0.25) is 0 Å². The van der Waals surface area contributed by atoms with E-state index < -0.39 is 5.38 Å². The molecule has 4 heteroatoms. The molecule has 0 fully saturated rings. The molecule has 188 valence electrons. The number of unbranched alkanes of at least 4 members (excludes halogenated alkanes) is 9. The lowest BCUT2D eigenvalue weighted by molar-refractivity contribution is -0.134. The standard InChI is InChI=1S/C30H43ClO2S/c1-4-6-7-8-9-10-11-12-13-14-23-34-28-21-17-26(18-22-28)25-15-19-27(20-16-25)33-30(32)29(31)24(3)5-2/h15-22,24,29H,4-14,23H2,1-3H3. The predicted octanol–water partition coefficient (Wildman–Crippen LogP) is 9.93. The molecule has 0 amide bonds. The number of halogens is 1. The van der Waals surface area contributed by atoms with Gasteiger partial charge in [-0.1, -0.05) is 109 Å². The van der Waals surface area contributed by atoms with Crippen LogP contribution in [0, 0.1) is 5.92 Å². The first-order valence-corrected chi connectivity index (χ1v) is 14.7. The van der Waals surface area contributed by atoms with Crippen molar-refractivity contribution in [1.29, 1.82) is 0 Å². The van der Waals surface area contributed by atoms with Crippen LogP contribution in [0.3, 0.4) is 0 Å². The van der Waals surface area contributed by atoms with E-state index in [2.05, 4.69) is 31.2 Å². The molecule has 2 nitrogen and oxygen atoms in total. The van der Waals surface area contributed by atoms with Gasteiger partial charge in [-0.2, -0.15) is 0 Å². The smallest absolute Gasteiger partial charge is 0.329 e. The largest absolute Gasteiger partial charge is 0.425 e. The average Bonchev–Trinajstić information content (AvgIpc) is 2.87. The first kappa shape index (κ1) is 28.8. The zero-order valence-corrected chi connectivity index (χ0v) is 22.9. The average molecular weight is 503 g/mol. The van der Waals surface area contributed by atoms with Crippen molar-refractivity contribution in [2.75, 3.05) is 5.75 Å². The number of benzene rings is 2. The van der Waals surface area contributed by atoms with Crippen molar-refractivity contribution in [3.05, 3.63) is 48.5 Å². The maximum Gasteiger partial charge on any atom is 0.329 e. The van der Waals surface area contributed by atoms with Crippen LogP contribution in [-0.2, 0) is 4.79 Å². The molecule has 0 radical (unpaired) electrons. The lowest BCUT2D eigenvalue weighted by atomic mass is 10.0. The van der Waals surface area contributed by atoms with Gasteiger partial charge in [-0.25, -0.2) is 0 Å². The molecule has 2 aromatic rings. The van der Waals surface area contributed by atoms with Crippen molar-refractivity contribution in [2.24, 2.45) is 5.92 Å². The third-order valence-corrected chi connectivity index (χ3v) is 8.10. The van der Waals surface area contributed by atoms with Gasteiger partial charge in [0.05, 0.1) is 0 Å². The number of thioether (sulfide) groups is 1. The van der Waals surface area contributed by atoms with Gasteiger partial charge in [-0.05, 0) is 53.5 Å². The van der Waals surface area contributed by atoms with E-state index in [0.29, 0.717) is 5.75 Å². The van der Waals surface area contributed by atoms with Crippen LogP contribution in [0.1, 0.15) is 91.4 Å². The number of hydrogen-bond acceptors (Lipinski definition) is 3. The minimum Gasteiger partial charge on any atom is -0.425 e. The van der Waals surface area contributed by atoms with E-state index in [1.807, 2.05) is 49.9 Å². The van der Waals surface area contributed by atoms with Crippen LogP contribution in [0.15, 0.2) is 53.4 Å². The maximum atomic E-state index is 12.2. The van der Waals surface area contributed by atoms with Crippen molar-refractivity contribution in [2.45, 2.75) is 102 Å². The molecule has 0 saturated heterocycles. The fourth-order valence-corrected chi connectivity index (χ4v) is 4.99. The summed E-state index contributed by atoms with van der Waals surface area (Å²) in [6.45, 7) is 6.25. The van der Waals surface area contributed by atoms with E-state index in [0.717, 1.165) is 17.5 Å². The van der Waals surface area contributed by atoms with Gasteiger partial charge in [0.2, 0.25) is 0 Å². The van der Waals surface area contributed by atoms with Crippen LogP contribution in [0.5, 0.6) is 5.75 Å². The van der Waals surface area contributed by atoms with Gasteiger partial charge in [-0.3, -0.25) is 4.79 Å². The van der Waals surface area contributed by atoms with Gasteiger partial charge in [0.25, 0.3) is 0 Å². The molecule has 0 bridgehead atoms. The monoisotopic (exact) mass is 502 g/mol.